The molecule has 0 aromatic heterocycles. The van der Waals surface area contributed by atoms with Crippen LogP contribution in [-0.4, -0.2) is 30.5 Å². The van der Waals surface area contributed by atoms with Crippen molar-refractivity contribution in [3.8, 4) is 5.75 Å². The van der Waals surface area contributed by atoms with Gasteiger partial charge >= 0.3 is 0 Å². The molecule has 1 aliphatic heterocycles. The number of rotatable bonds is 10. The number of carbonyl (C=O) groups excluding carboxylic acids is 1. The summed E-state index contributed by atoms with van der Waals surface area (Å²) in [6.45, 7) is 6.77. The van der Waals surface area contributed by atoms with Crippen LogP contribution in [0.25, 0.3) is 0 Å². The molecule has 156 valence electrons. The topological polar surface area (TPSA) is 41.6 Å². The third-order valence-corrected chi connectivity index (χ3v) is 5.42. The van der Waals surface area contributed by atoms with E-state index in [2.05, 4.69) is 47.5 Å². The van der Waals surface area contributed by atoms with Gasteiger partial charge in [0.2, 0.25) is 5.91 Å². The molecule has 1 saturated heterocycles. The molecule has 3 rings (SSSR count). The molecular weight excluding hydrogens is 360 g/mol. The standard InChI is InChI=1S/C25H34N2O2/c1-21-8-7-9-24(18-21)29-17-6-3-10-25(28)26-19-22-11-13-23(14-12-22)20-27-15-4-2-5-16-27/h7-9,11-14,18H,2-6,10,15-17,19-20H2,1H3,(H,26,28). The number of nitrogens with zero attached hydrogens (tertiary/aromatic N) is 1. The maximum absolute atomic E-state index is 12.1. The zero-order valence-electron chi connectivity index (χ0n) is 17.7. The first-order valence-electron chi connectivity index (χ1n) is 11.0. The van der Waals surface area contributed by atoms with Gasteiger partial charge < -0.3 is 10.1 Å². The van der Waals surface area contributed by atoms with E-state index in [1.807, 2.05) is 18.2 Å². The maximum atomic E-state index is 12.1. The second-order valence-electron chi connectivity index (χ2n) is 8.05. The highest BCUT2D eigenvalue weighted by atomic mass is 16.5. The summed E-state index contributed by atoms with van der Waals surface area (Å²) in [6.07, 6.45) is 6.28. The number of benzene rings is 2. The number of likely N-dealkylation sites (tertiary alicyclic amines) is 1. The van der Waals surface area contributed by atoms with Gasteiger partial charge in [0.05, 0.1) is 6.61 Å². The second kappa shape index (κ2) is 11.6. The van der Waals surface area contributed by atoms with Gasteiger partial charge in [0.1, 0.15) is 5.75 Å². The van der Waals surface area contributed by atoms with Crippen molar-refractivity contribution >= 4 is 5.91 Å². The van der Waals surface area contributed by atoms with Crippen molar-refractivity contribution in [2.45, 2.75) is 58.5 Å². The van der Waals surface area contributed by atoms with E-state index in [9.17, 15) is 4.79 Å². The van der Waals surface area contributed by atoms with Crippen molar-refractivity contribution in [2.24, 2.45) is 0 Å². The molecule has 4 heteroatoms. The number of hydrogen-bond acceptors (Lipinski definition) is 3. The largest absolute Gasteiger partial charge is 0.494 e. The first-order chi connectivity index (χ1) is 14.2. The van der Waals surface area contributed by atoms with Crippen molar-refractivity contribution in [3.63, 3.8) is 0 Å². The lowest BCUT2D eigenvalue weighted by molar-refractivity contribution is -0.121. The highest BCUT2D eigenvalue weighted by Gasteiger charge is 2.10. The Bertz CT molecular complexity index is 752. The maximum Gasteiger partial charge on any atom is 0.220 e. The quantitative estimate of drug-likeness (QED) is 0.586. The number of hydrogen-bond donors (Lipinski definition) is 1. The van der Waals surface area contributed by atoms with Crippen molar-refractivity contribution in [1.29, 1.82) is 0 Å². The predicted octanol–water partition coefficient (Wildman–Crippen LogP) is 4.85. The molecule has 1 aliphatic rings. The highest BCUT2D eigenvalue weighted by molar-refractivity contribution is 5.75. The average Bonchev–Trinajstić information content (AvgIpc) is 2.74. The number of ether oxygens (including phenoxy) is 1. The van der Waals surface area contributed by atoms with Gasteiger partial charge in [0.15, 0.2) is 0 Å². The summed E-state index contributed by atoms with van der Waals surface area (Å²) in [7, 11) is 0. The molecule has 29 heavy (non-hydrogen) atoms. The third-order valence-electron chi connectivity index (χ3n) is 5.42. The molecule has 0 unspecified atom stereocenters. The van der Waals surface area contributed by atoms with Gasteiger partial charge in [-0.1, -0.05) is 42.8 Å². The number of aryl methyl sites for hydroxylation is 1. The van der Waals surface area contributed by atoms with Crippen LogP contribution in [0.1, 0.15) is 55.2 Å². The minimum Gasteiger partial charge on any atom is -0.494 e. The van der Waals surface area contributed by atoms with Gasteiger partial charge in [0, 0.05) is 19.5 Å². The van der Waals surface area contributed by atoms with E-state index < -0.39 is 0 Å². The van der Waals surface area contributed by atoms with Crippen LogP contribution in [0.3, 0.4) is 0 Å². The average molecular weight is 395 g/mol. The predicted molar refractivity (Wildman–Crippen MR) is 118 cm³/mol. The van der Waals surface area contributed by atoms with Crippen molar-refractivity contribution < 1.29 is 9.53 Å². The van der Waals surface area contributed by atoms with E-state index in [1.165, 1.54) is 43.5 Å². The van der Waals surface area contributed by atoms with Gasteiger partial charge in [-0.05, 0) is 74.5 Å². The molecule has 4 nitrogen and oxygen atoms in total. The van der Waals surface area contributed by atoms with Gasteiger partial charge in [-0.2, -0.15) is 0 Å². The summed E-state index contributed by atoms with van der Waals surface area (Å²) in [5.74, 6) is 1.01. The molecular formula is C25H34N2O2. The first-order valence-corrected chi connectivity index (χ1v) is 11.0. The Hall–Kier alpha value is -2.33. The van der Waals surface area contributed by atoms with Crippen LogP contribution in [0.15, 0.2) is 48.5 Å². The lowest BCUT2D eigenvalue weighted by atomic mass is 10.1. The van der Waals surface area contributed by atoms with E-state index in [0.717, 1.165) is 30.7 Å². The molecule has 1 heterocycles. The van der Waals surface area contributed by atoms with Crippen LogP contribution >= 0.6 is 0 Å². The fourth-order valence-electron chi connectivity index (χ4n) is 3.71. The summed E-state index contributed by atoms with van der Waals surface area (Å²) in [6, 6.07) is 16.7. The number of piperidine rings is 1. The van der Waals surface area contributed by atoms with E-state index in [0.29, 0.717) is 19.6 Å². The zero-order chi connectivity index (χ0) is 20.3. The lowest BCUT2D eigenvalue weighted by Gasteiger charge is -2.26. The van der Waals surface area contributed by atoms with Crippen LogP contribution in [0, 0.1) is 6.92 Å². The number of amides is 1. The van der Waals surface area contributed by atoms with Crippen molar-refractivity contribution in [1.82, 2.24) is 10.2 Å². The third kappa shape index (κ3) is 7.90. The number of unbranched alkanes of at least 4 members (excludes halogenated alkanes) is 1. The fourth-order valence-corrected chi connectivity index (χ4v) is 3.71. The molecule has 0 saturated carbocycles. The highest BCUT2D eigenvalue weighted by Crippen LogP contribution is 2.14. The van der Waals surface area contributed by atoms with Crippen LogP contribution in [-0.2, 0) is 17.9 Å². The van der Waals surface area contributed by atoms with E-state index >= 15 is 0 Å². The van der Waals surface area contributed by atoms with Gasteiger partial charge in [0.25, 0.3) is 0 Å². The summed E-state index contributed by atoms with van der Waals surface area (Å²) in [5.41, 5.74) is 3.71. The van der Waals surface area contributed by atoms with Gasteiger partial charge in [-0.3, -0.25) is 9.69 Å². The fraction of sp³-hybridized carbons (Fsp3) is 0.480. The Morgan fingerprint density at radius 1 is 1.00 bits per heavy atom. The number of nitrogens with one attached hydrogen (secondary N) is 1. The summed E-state index contributed by atoms with van der Waals surface area (Å²) < 4.78 is 5.73. The molecule has 0 radical (unpaired) electrons. The summed E-state index contributed by atoms with van der Waals surface area (Å²) in [4.78, 5) is 14.6. The molecule has 2 aromatic carbocycles. The Labute approximate surface area is 175 Å². The molecule has 2 aromatic rings. The lowest BCUT2D eigenvalue weighted by Crippen LogP contribution is -2.29. The van der Waals surface area contributed by atoms with E-state index in [-0.39, 0.29) is 5.91 Å². The monoisotopic (exact) mass is 394 g/mol. The van der Waals surface area contributed by atoms with Crippen LogP contribution in [0.2, 0.25) is 0 Å². The van der Waals surface area contributed by atoms with Crippen LogP contribution in [0.5, 0.6) is 5.75 Å². The molecule has 0 atom stereocenters. The molecule has 1 N–H and O–H groups in total. The van der Waals surface area contributed by atoms with Gasteiger partial charge in [-0.15, -0.1) is 0 Å². The minimum absolute atomic E-state index is 0.109. The Balaban J connectivity index is 1.28. The molecule has 0 bridgehead atoms. The summed E-state index contributed by atoms with van der Waals surface area (Å²) >= 11 is 0. The Morgan fingerprint density at radius 3 is 2.52 bits per heavy atom. The summed E-state index contributed by atoms with van der Waals surface area (Å²) in [5, 5.41) is 3.03. The van der Waals surface area contributed by atoms with E-state index in [1.54, 1.807) is 0 Å². The van der Waals surface area contributed by atoms with Crippen molar-refractivity contribution in [3.05, 3.63) is 65.2 Å². The Kier molecular flexibility index (Phi) is 8.57. The SMILES string of the molecule is Cc1cccc(OCCCCC(=O)NCc2ccc(CN3CCCCC3)cc2)c1. The molecule has 0 spiro atoms. The Morgan fingerprint density at radius 2 is 1.76 bits per heavy atom. The molecule has 1 fully saturated rings. The van der Waals surface area contributed by atoms with E-state index in [4.69, 9.17) is 4.74 Å². The van der Waals surface area contributed by atoms with Crippen LogP contribution < -0.4 is 10.1 Å². The normalized spacial score (nSPS) is 14.5. The molecule has 0 aliphatic carbocycles. The van der Waals surface area contributed by atoms with Crippen LogP contribution in [0.4, 0.5) is 0 Å². The van der Waals surface area contributed by atoms with Gasteiger partial charge in [-0.25, -0.2) is 0 Å². The van der Waals surface area contributed by atoms with Crippen molar-refractivity contribution in [2.75, 3.05) is 19.7 Å². The number of carbonyl (C=O) groups is 1. The second-order valence-corrected chi connectivity index (χ2v) is 8.05. The minimum atomic E-state index is 0.109. The first kappa shape index (κ1) is 21.4. The smallest absolute Gasteiger partial charge is 0.220 e. The zero-order valence-corrected chi connectivity index (χ0v) is 17.7. The molecule has 1 amide bonds.